The fourth-order valence-electron chi connectivity index (χ4n) is 2.05. The summed E-state index contributed by atoms with van der Waals surface area (Å²) in [5.41, 5.74) is 5.56. The number of unbranched alkanes of at least 4 members (excludes halogenated alkanes) is 2. The lowest BCUT2D eigenvalue weighted by Gasteiger charge is -2.15. The number of nitrogens with one attached hydrogen (secondary N) is 1. The molecule has 1 aromatic rings. The van der Waals surface area contributed by atoms with Gasteiger partial charge in [0.15, 0.2) is 11.6 Å². The quantitative estimate of drug-likeness (QED) is 0.570. The normalized spacial score (nSPS) is 13.1. The van der Waals surface area contributed by atoms with Crippen LogP contribution in [0, 0.1) is 5.82 Å². The zero-order valence-electron chi connectivity index (χ0n) is 12.6. The first-order valence-electron chi connectivity index (χ1n) is 6.97. The van der Waals surface area contributed by atoms with Crippen LogP contribution in [0.5, 0.6) is 5.75 Å². The summed E-state index contributed by atoms with van der Waals surface area (Å²) in [4.78, 5) is -0.194. The molecule has 1 unspecified atom stereocenters. The third-order valence-electron chi connectivity index (χ3n) is 3.16. The van der Waals surface area contributed by atoms with Gasteiger partial charge in [0.2, 0.25) is 10.0 Å². The molecule has 1 atom stereocenters. The minimum Gasteiger partial charge on any atom is -0.492 e. The van der Waals surface area contributed by atoms with Gasteiger partial charge in [0.1, 0.15) is 0 Å². The smallest absolute Gasteiger partial charge is 0.240 e. The van der Waals surface area contributed by atoms with E-state index in [-0.39, 0.29) is 22.4 Å². The number of halogens is 1. The average Bonchev–Trinajstić information content (AvgIpc) is 2.38. The average molecular weight is 318 g/mol. The Bertz CT molecular complexity index is 553. The lowest BCUT2D eigenvalue weighted by molar-refractivity contribution is 0.388. The molecule has 0 bridgehead atoms. The van der Waals surface area contributed by atoms with Gasteiger partial charge < -0.3 is 10.5 Å². The topological polar surface area (TPSA) is 81.4 Å². The number of ether oxygens (including phenoxy) is 1. The molecule has 5 nitrogen and oxygen atoms in total. The van der Waals surface area contributed by atoms with Crippen LogP contribution < -0.4 is 15.2 Å². The SMILES string of the molecule is CCCCCC(C)NS(=O)(=O)c1cc(N)c(OC)c(F)c1. The van der Waals surface area contributed by atoms with Crippen molar-refractivity contribution in [3.05, 3.63) is 17.9 Å². The fourth-order valence-corrected chi connectivity index (χ4v) is 3.38. The minimum atomic E-state index is -3.79. The van der Waals surface area contributed by atoms with Gasteiger partial charge >= 0.3 is 0 Å². The maximum Gasteiger partial charge on any atom is 0.240 e. The van der Waals surface area contributed by atoms with Crippen molar-refractivity contribution >= 4 is 15.7 Å². The molecule has 0 aromatic heterocycles. The van der Waals surface area contributed by atoms with Gasteiger partial charge in [-0.15, -0.1) is 0 Å². The Kier molecular flexibility index (Phi) is 6.42. The lowest BCUT2D eigenvalue weighted by Crippen LogP contribution is -2.32. The molecule has 0 spiro atoms. The second-order valence-electron chi connectivity index (χ2n) is 5.05. The van der Waals surface area contributed by atoms with Crippen LogP contribution in [0.4, 0.5) is 10.1 Å². The third-order valence-corrected chi connectivity index (χ3v) is 4.73. The summed E-state index contributed by atoms with van der Waals surface area (Å²) in [6.45, 7) is 3.87. The molecule has 1 rings (SSSR count). The number of hydrogen-bond acceptors (Lipinski definition) is 4. The number of rotatable bonds is 8. The molecule has 1 aromatic carbocycles. The van der Waals surface area contributed by atoms with Gasteiger partial charge in [0, 0.05) is 6.04 Å². The van der Waals surface area contributed by atoms with Gasteiger partial charge in [-0.2, -0.15) is 0 Å². The number of hydrogen-bond donors (Lipinski definition) is 2. The Balaban J connectivity index is 2.88. The van der Waals surface area contributed by atoms with Crippen molar-refractivity contribution in [1.29, 1.82) is 0 Å². The van der Waals surface area contributed by atoms with E-state index in [4.69, 9.17) is 10.5 Å². The molecule has 7 heteroatoms. The van der Waals surface area contributed by atoms with E-state index in [0.717, 1.165) is 31.7 Å². The number of sulfonamides is 1. The van der Waals surface area contributed by atoms with Crippen molar-refractivity contribution in [1.82, 2.24) is 4.72 Å². The van der Waals surface area contributed by atoms with Crippen molar-refractivity contribution in [2.45, 2.75) is 50.5 Å². The Hall–Kier alpha value is -1.34. The van der Waals surface area contributed by atoms with Crippen LogP contribution in [0.25, 0.3) is 0 Å². The summed E-state index contributed by atoms with van der Waals surface area (Å²) in [6, 6.07) is 1.90. The third kappa shape index (κ3) is 4.86. The highest BCUT2D eigenvalue weighted by Gasteiger charge is 2.21. The van der Waals surface area contributed by atoms with Crippen molar-refractivity contribution in [3.8, 4) is 5.75 Å². The molecule has 3 N–H and O–H groups in total. The highest BCUT2D eigenvalue weighted by atomic mass is 32.2. The molecule has 0 saturated heterocycles. The summed E-state index contributed by atoms with van der Waals surface area (Å²) in [5.74, 6) is -0.943. The molecule has 0 amide bonds. The maximum atomic E-state index is 13.7. The summed E-state index contributed by atoms with van der Waals surface area (Å²) < 4.78 is 45.4. The standard InChI is InChI=1S/C14H23FN2O3S/c1-4-5-6-7-10(2)17-21(18,19)11-8-12(15)14(20-3)13(16)9-11/h8-10,17H,4-7,16H2,1-3H3. The second-order valence-corrected chi connectivity index (χ2v) is 6.76. The largest absolute Gasteiger partial charge is 0.492 e. The molecule has 0 aliphatic carbocycles. The van der Waals surface area contributed by atoms with E-state index in [1.54, 1.807) is 6.92 Å². The number of nitrogen functional groups attached to an aromatic ring is 1. The molecule has 0 aliphatic heterocycles. The summed E-state index contributed by atoms with van der Waals surface area (Å²) in [5, 5.41) is 0. The van der Waals surface area contributed by atoms with E-state index in [9.17, 15) is 12.8 Å². The van der Waals surface area contributed by atoms with E-state index in [0.29, 0.717) is 0 Å². The van der Waals surface area contributed by atoms with E-state index in [2.05, 4.69) is 11.6 Å². The van der Waals surface area contributed by atoms with Crippen LogP contribution in [0.1, 0.15) is 39.5 Å². The zero-order valence-corrected chi connectivity index (χ0v) is 13.5. The molecule has 0 fully saturated rings. The van der Waals surface area contributed by atoms with E-state index in [1.165, 1.54) is 13.2 Å². The maximum absolute atomic E-state index is 13.7. The monoisotopic (exact) mass is 318 g/mol. The van der Waals surface area contributed by atoms with E-state index < -0.39 is 15.8 Å². The summed E-state index contributed by atoms with van der Waals surface area (Å²) in [7, 11) is -2.52. The highest BCUT2D eigenvalue weighted by Crippen LogP contribution is 2.28. The predicted octanol–water partition coefficient (Wildman–Crippen LogP) is 2.66. The molecule has 120 valence electrons. The Labute approximate surface area is 125 Å². The highest BCUT2D eigenvalue weighted by molar-refractivity contribution is 7.89. The first-order valence-corrected chi connectivity index (χ1v) is 8.45. The first kappa shape index (κ1) is 17.7. The van der Waals surface area contributed by atoms with Gasteiger partial charge in [-0.3, -0.25) is 0 Å². The van der Waals surface area contributed by atoms with E-state index in [1.807, 2.05) is 0 Å². The van der Waals surface area contributed by atoms with Crippen molar-refractivity contribution in [2.75, 3.05) is 12.8 Å². The van der Waals surface area contributed by atoms with Crippen LogP contribution in [-0.4, -0.2) is 21.6 Å². The van der Waals surface area contributed by atoms with Crippen LogP contribution in [0.2, 0.25) is 0 Å². The Morgan fingerprint density at radius 2 is 2.05 bits per heavy atom. The summed E-state index contributed by atoms with van der Waals surface area (Å²) in [6.07, 6.45) is 3.80. The lowest BCUT2D eigenvalue weighted by atomic mass is 10.1. The summed E-state index contributed by atoms with van der Waals surface area (Å²) >= 11 is 0. The van der Waals surface area contributed by atoms with Gasteiger partial charge in [-0.1, -0.05) is 26.2 Å². The van der Waals surface area contributed by atoms with Crippen molar-refractivity contribution in [3.63, 3.8) is 0 Å². The molecule has 21 heavy (non-hydrogen) atoms. The van der Waals surface area contributed by atoms with Crippen LogP contribution in [0.3, 0.4) is 0 Å². The van der Waals surface area contributed by atoms with Crippen molar-refractivity contribution in [2.24, 2.45) is 0 Å². The molecular weight excluding hydrogens is 295 g/mol. The van der Waals surface area contributed by atoms with Gasteiger partial charge in [0.25, 0.3) is 0 Å². The van der Waals surface area contributed by atoms with E-state index >= 15 is 0 Å². The Morgan fingerprint density at radius 1 is 1.38 bits per heavy atom. The Morgan fingerprint density at radius 3 is 2.57 bits per heavy atom. The van der Waals surface area contributed by atoms with Crippen LogP contribution in [-0.2, 0) is 10.0 Å². The van der Waals surface area contributed by atoms with Gasteiger partial charge in [-0.05, 0) is 25.5 Å². The molecular formula is C14H23FN2O3S. The number of nitrogens with two attached hydrogens (primary N) is 1. The molecule has 0 heterocycles. The van der Waals surface area contributed by atoms with Crippen LogP contribution in [0.15, 0.2) is 17.0 Å². The number of methoxy groups -OCH3 is 1. The second kappa shape index (κ2) is 7.61. The predicted molar refractivity (Wildman–Crippen MR) is 81.3 cm³/mol. The molecule has 0 aliphatic rings. The molecule has 0 saturated carbocycles. The zero-order chi connectivity index (χ0) is 16.0. The number of anilines is 1. The fraction of sp³-hybridized carbons (Fsp3) is 0.571. The first-order chi connectivity index (χ1) is 9.81. The van der Waals surface area contributed by atoms with Gasteiger partial charge in [0.05, 0.1) is 17.7 Å². The molecule has 0 radical (unpaired) electrons. The van der Waals surface area contributed by atoms with Crippen molar-refractivity contribution < 1.29 is 17.5 Å². The van der Waals surface area contributed by atoms with Crippen LogP contribution >= 0.6 is 0 Å². The number of benzene rings is 1. The van der Waals surface area contributed by atoms with Gasteiger partial charge in [-0.25, -0.2) is 17.5 Å². The minimum absolute atomic E-state index is 0.0449.